The third-order valence-corrected chi connectivity index (χ3v) is 8.88. The van der Waals surface area contributed by atoms with Gasteiger partial charge in [0.1, 0.15) is 0 Å². The number of rotatable bonds is 5. The quantitative estimate of drug-likeness (QED) is 0.246. The summed E-state index contributed by atoms with van der Waals surface area (Å²) in [6.07, 6.45) is 3.58. The van der Waals surface area contributed by atoms with Crippen LogP contribution in [0.3, 0.4) is 0 Å². The Morgan fingerprint density at radius 2 is 1.73 bits per heavy atom. The van der Waals surface area contributed by atoms with E-state index >= 15 is 0 Å². The lowest BCUT2D eigenvalue weighted by atomic mass is 9.86. The molecule has 0 unspecified atom stereocenters. The molecule has 2 aromatic carbocycles. The van der Waals surface area contributed by atoms with Gasteiger partial charge < -0.3 is 14.2 Å². The second-order valence-electron chi connectivity index (χ2n) is 11.5. The van der Waals surface area contributed by atoms with E-state index in [-0.39, 0.29) is 18.9 Å². The topological polar surface area (TPSA) is 61.0 Å². The molecule has 0 aliphatic carbocycles. The van der Waals surface area contributed by atoms with Gasteiger partial charge in [0.25, 0.3) is 5.92 Å². The highest BCUT2D eigenvalue weighted by molar-refractivity contribution is 6.07. The van der Waals surface area contributed by atoms with Crippen molar-refractivity contribution in [2.75, 3.05) is 31.2 Å². The zero-order valence-electron chi connectivity index (χ0n) is 23.4. The molecule has 3 aromatic heterocycles. The molecular formula is C32H34F2N6O. The fourth-order valence-electron chi connectivity index (χ4n) is 6.78. The van der Waals surface area contributed by atoms with Crippen LogP contribution in [-0.2, 0) is 11.8 Å². The molecule has 2 aliphatic heterocycles. The van der Waals surface area contributed by atoms with Gasteiger partial charge in [-0.15, -0.1) is 5.10 Å². The molecule has 0 N–H and O–H groups in total. The van der Waals surface area contributed by atoms with Crippen LogP contribution in [0.5, 0.6) is 0 Å². The van der Waals surface area contributed by atoms with Crippen molar-refractivity contribution in [3.8, 4) is 11.3 Å². The molecule has 5 aromatic rings. The summed E-state index contributed by atoms with van der Waals surface area (Å²) < 4.78 is 38.0. The summed E-state index contributed by atoms with van der Waals surface area (Å²) >= 11 is 0. The maximum absolute atomic E-state index is 14.0. The molecule has 0 bridgehead atoms. The van der Waals surface area contributed by atoms with E-state index in [0.717, 1.165) is 70.6 Å². The highest BCUT2D eigenvalue weighted by Gasteiger charge is 2.35. The Kier molecular flexibility index (Phi) is 6.49. The van der Waals surface area contributed by atoms with E-state index in [1.165, 1.54) is 5.56 Å². The standard InChI is InChI=1S/C32H34F2N6O/c1-21-30(38(2)37-36-21)24-18-28-29(35-20-24)26-9-8-25(39-14-12-32(33,34)13-15-39)19-27(26)40(28)31(22-6-4-3-5-7-22)23-10-16-41-17-11-23/h3-9,18-20,23,31H,10-17H2,1-2H3/t31-/m1/s1. The number of alkyl halides is 2. The van der Waals surface area contributed by atoms with E-state index in [1.54, 1.807) is 4.68 Å². The lowest BCUT2D eigenvalue weighted by Crippen LogP contribution is -2.39. The molecule has 2 aliphatic rings. The Bertz CT molecular complexity index is 1680. The van der Waals surface area contributed by atoms with E-state index in [0.29, 0.717) is 19.0 Å². The Hall–Kier alpha value is -3.85. The Morgan fingerprint density at radius 3 is 2.44 bits per heavy atom. The van der Waals surface area contributed by atoms with E-state index in [9.17, 15) is 8.78 Å². The largest absolute Gasteiger partial charge is 0.381 e. The van der Waals surface area contributed by atoms with Crippen molar-refractivity contribution in [1.82, 2.24) is 24.5 Å². The third kappa shape index (κ3) is 4.66. The Morgan fingerprint density at radius 1 is 0.976 bits per heavy atom. The molecule has 1 atom stereocenters. The summed E-state index contributed by atoms with van der Waals surface area (Å²) in [5.74, 6) is -2.22. The lowest BCUT2D eigenvalue weighted by Gasteiger charge is -2.34. The number of pyridine rings is 1. The summed E-state index contributed by atoms with van der Waals surface area (Å²) in [6.45, 7) is 4.13. The van der Waals surface area contributed by atoms with Crippen molar-refractivity contribution in [3.05, 3.63) is 72.1 Å². The van der Waals surface area contributed by atoms with Crippen LogP contribution in [0, 0.1) is 12.8 Å². The molecule has 0 spiro atoms. The van der Waals surface area contributed by atoms with E-state index in [4.69, 9.17) is 9.72 Å². The third-order valence-electron chi connectivity index (χ3n) is 8.88. The Labute approximate surface area is 237 Å². The van der Waals surface area contributed by atoms with Crippen LogP contribution < -0.4 is 4.90 Å². The van der Waals surface area contributed by atoms with Crippen LogP contribution in [-0.4, -0.2) is 56.8 Å². The van der Waals surface area contributed by atoms with Gasteiger partial charge in [0.05, 0.1) is 34.0 Å². The second-order valence-corrected chi connectivity index (χ2v) is 11.5. The number of anilines is 1. The van der Waals surface area contributed by atoms with Crippen molar-refractivity contribution in [3.63, 3.8) is 0 Å². The molecule has 9 heteroatoms. The smallest absolute Gasteiger partial charge is 0.251 e. The molecule has 41 heavy (non-hydrogen) atoms. The van der Waals surface area contributed by atoms with Gasteiger partial charge in [-0.05, 0) is 55.5 Å². The minimum Gasteiger partial charge on any atom is -0.381 e. The van der Waals surface area contributed by atoms with Gasteiger partial charge in [-0.3, -0.25) is 4.98 Å². The number of piperidine rings is 1. The molecular weight excluding hydrogens is 522 g/mol. The average Bonchev–Trinajstić information content (AvgIpc) is 3.49. The number of hydrogen-bond acceptors (Lipinski definition) is 5. The maximum Gasteiger partial charge on any atom is 0.251 e. The molecule has 7 rings (SSSR count). The Balaban J connectivity index is 1.47. The number of ether oxygens (including phenoxy) is 1. The maximum atomic E-state index is 14.0. The highest BCUT2D eigenvalue weighted by atomic mass is 19.3. The fourth-order valence-corrected chi connectivity index (χ4v) is 6.78. The predicted molar refractivity (Wildman–Crippen MR) is 156 cm³/mol. The first-order valence-electron chi connectivity index (χ1n) is 14.5. The van der Waals surface area contributed by atoms with Crippen LogP contribution in [0.4, 0.5) is 14.5 Å². The molecule has 2 saturated heterocycles. The zero-order valence-corrected chi connectivity index (χ0v) is 23.4. The summed E-state index contributed by atoms with van der Waals surface area (Å²) in [4.78, 5) is 7.12. The number of hydrogen-bond donors (Lipinski definition) is 0. The lowest BCUT2D eigenvalue weighted by molar-refractivity contribution is -0.0220. The summed E-state index contributed by atoms with van der Waals surface area (Å²) in [5, 5.41) is 9.56. The number of benzene rings is 2. The van der Waals surface area contributed by atoms with E-state index < -0.39 is 5.92 Å². The molecule has 2 fully saturated rings. The number of nitrogens with zero attached hydrogens (tertiary/aromatic N) is 6. The van der Waals surface area contributed by atoms with Crippen molar-refractivity contribution >= 4 is 27.6 Å². The van der Waals surface area contributed by atoms with Crippen LogP contribution in [0.1, 0.15) is 43.0 Å². The van der Waals surface area contributed by atoms with Gasteiger partial charge in [0.15, 0.2) is 0 Å². The predicted octanol–water partition coefficient (Wildman–Crippen LogP) is 6.54. The summed E-state index contributed by atoms with van der Waals surface area (Å²) in [7, 11) is 1.90. The fraction of sp³-hybridized carbons (Fsp3) is 0.406. The summed E-state index contributed by atoms with van der Waals surface area (Å²) in [5.41, 5.74) is 8.01. The number of fused-ring (bicyclic) bond motifs is 3. The first-order chi connectivity index (χ1) is 19.9. The normalized spacial score (nSPS) is 18.8. The first kappa shape index (κ1) is 26.1. The number of halogens is 2. The molecule has 0 amide bonds. The summed E-state index contributed by atoms with van der Waals surface area (Å²) in [6, 6.07) is 19.3. The van der Waals surface area contributed by atoms with Gasteiger partial charge in [-0.25, -0.2) is 13.5 Å². The molecule has 7 nitrogen and oxygen atoms in total. The zero-order chi connectivity index (χ0) is 28.1. The SMILES string of the molecule is Cc1nnn(C)c1-c1cnc2c3ccc(N4CCC(F)(F)CC4)cc3n([C@H](c3ccccc3)C3CCOCC3)c2c1. The molecule has 212 valence electrons. The van der Waals surface area contributed by atoms with Crippen LogP contribution in [0.2, 0.25) is 0 Å². The van der Waals surface area contributed by atoms with Crippen LogP contribution >= 0.6 is 0 Å². The minimum atomic E-state index is -2.59. The van der Waals surface area contributed by atoms with Gasteiger partial charge in [0.2, 0.25) is 0 Å². The van der Waals surface area contributed by atoms with Crippen molar-refractivity contribution in [1.29, 1.82) is 0 Å². The molecule has 5 heterocycles. The molecule has 0 radical (unpaired) electrons. The van der Waals surface area contributed by atoms with Crippen molar-refractivity contribution < 1.29 is 13.5 Å². The van der Waals surface area contributed by atoms with Crippen molar-refractivity contribution in [2.45, 2.75) is 44.6 Å². The van der Waals surface area contributed by atoms with E-state index in [2.05, 4.69) is 74.4 Å². The van der Waals surface area contributed by atoms with Gasteiger partial charge in [-0.2, -0.15) is 0 Å². The second kappa shape index (κ2) is 10.2. The monoisotopic (exact) mass is 556 g/mol. The number of aromatic nitrogens is 5. The van der Waals surface area contributed by atoms with Gasteiger partial charge in [0, 0.05) is 69.0 Å². The van der Waals surface area contributed by atoms with Crippen LogP contribution in [0.25, 0.3) is 33.2 Å². The molecule has 0 saturated carbocycles. The van der Waals surface area contributed by atoms with Crippen LogP contribution in [0.15, 0.2) is 60.8 Å². The van der Waals surface area contributed by atoms with Gasteiger partial charge >= 0.3 is 0 Å². The number of aryl methyl sites for hydroxylation is 2. The van der Waals surface area contributed by atoms with E-state index in [1.807, 2.05) is 20.2 Å². The van der Waals surface area contributed by atoms with Crippen molar-refractivity contribution in [2.24, 2.45) is 13.0 Å². The first-order valence-corrected chi connectivity index (χ1v) is 14.5. The average molecular weight is 557 g/mol. The highest BCUT2D eigenvalue weighted by Crippen LogP contribution is 2.42. The minimum absolute atomic E-state index is 0.0591. The van der Waals surface area contributed by atoms with Gasteiger partial charge in [-0.1, -0.05) is 35.5 Å².